The van der Waals surface area contributed by atoms with Gasteiger partial charge in [0.2, 0.25) is 5.82 Å². The summed E-state index contributed by atoms with van der Waals surface area (Å²) >= 11 is 0. The van der Waals surface area contributed by atoms with Crippen LogP contribution in [-0.4, -0.2) is 34.7 Å². The predicted molar refractivity (Wildman–Crippen MR) is 78.3 cm³/mol. The molecule has 1 aromatic carbocycles. The highest BCUT2D eigenvalue weighted by atomic mass is 16.5. The maximum absolute atomic E-state index is 12.2. The van der Waals surface area contributed by atoms with E-state index >= 15 is 0 Å². The molecule has 1 atom stereocenters. The van der Waals surface area contributed by atoms with E-state index in [1.807, 2.05) is 0 Å². The Hall–Kier alpha value is -2.21. The molecule has 21 heavy (non-hydrogen) atoms. The summed E-state index contributed by atoms with van der Waals surface area (Å²) in [5.41, 5.74) is 0.311. The maximum atomic E-state index is 12.2. The summed E-state index contributed by atoms with van der Waals surface area (Å²) in [7, 11) is 1.56. The minimum absolute atomic E-state index is 0.0615. The molecule has 0 bridgehead atoms. The number of para-hydroxylation sites is 1. The molecule has 1 saturated heterocycles. The second-order valence-corrected chi connectivity index (χ2v) is 5.16. The van der Waals surface area contributed by atoms with E-state index in [9.17, 15) is 9.59 Å². The van der Waals surface area contributed by atoms with Gasteiger partial charge in [0.05, 0.1) is 17.0 Å². The fourth-order valence-electron chi connectivity index (χ4n) is 2.51. The number of nitrogens with one attached hydrogen (secondary N) is 1. The number of carbonyl (C=O) groups is 1. The van der Waals surface area contributed by atoms with Crippen molar-refractivity contribution in [2.24, 2.45) is 7.05 Å². The SMILES string of the molecule is Cn1c(C(=O)NC[C@@H]2CCCO2)nc2ccccc2c1=O. The van der Waals surface area contributed by atoms with Crippen LogP contribution < -0.4 is 10.9 Å². The number of carbonyl (C=O) groups excluding carboxylic acids is 1. The van der Waals surface area contributed by atoms with Gasteiger partial charge in [-0.2, -0.15) is 0 Å². The zero-order valence-electron chi connectivity index (χ0n) is 11.8. The molecule has 0 unspecified atom stereocenters. The Morgan fingerprint density at radius 3 is 3.05 bits per heavy atom. The van der Waals surface area contributed by atoms with Gasteiger partial charge in [-0.3, -0.25) is 14.2 Å². The van der Waals surface area contributed by atoms with Crippen LogP contribution >= 0.6 is 0 Å². The van der Waals surface area contributed by atoms with Crippen molar-refractivity contribution in [1.82, 2.24) is 14.9 Å². The summed E-state index contributed by atoms with van der Waals surface area (Å²) in [5.74, 6) is -0.229. The highest BCUT2D eigenvalue weighted by Gasteiger charge is 2.19. The second-order valence-electron chi connectivity index (χ2n) is 5.16. The van der Waals surface area contributed by atoms with Gasteiger partial charge < -0.3 is 10.1 Å². The highest BCUT2D eigenvalue weighted by Crippen LogP contribution is 2.11. The first-order valence-electron chi connectivity index (χ1n) is 7.02. The summed E-state index contributed by atoms with van der Waals surface area (Å²) in [5, 5.41) is 3.30. The van der Waals surface area contributed by atoms with E-state index in [-0.39, 0.29) is 23.4 Å². The third-order valence-corrected chi connectivity index (χ3v) is 3.70. The summed E-state index contributed by atoms with van der Waals surface area (Å²) < 4.78 is 6.74. The molecule has 1 aliphatic heterocycles. The van der Waals surface area contributed by atoms with Gasteiger partial charge >= 0.3 is 0 Å². The Kier molecular flexibility index (Phi) is 3.70. The average Bonchev–Trinajstić information content (AvgIpc) is 3.02. The molecule has 1 aliphatic rings. The van der Waals surface area contributed by atoms with Crippen molar-refractivity contribution < 1.29 is 9.53 Å². The fraction of sp³-hybridized carbons (Fsp3) is 0.400. The van der Waals surface area contributed by atoms with Crippen molar-refractivity contribution in [3.63, 3.8) is 0 Å². The smallest absolute Gasteiger partial charge is 0.287 e. The van der Waals surface area contributed by atoms with E-state index in [1.165, 1.54) is 4.57 Å². The van der Waals surface area contributed by atoms with Crippen LogP contribution in [0.25, 0.3) is 10.9 Å². The van der Waals surface area contributed by atoms with Gasteiger partial charge in [0.15, 0.2) is 0 Å². The van der Waals surface area contributed by atoms with Crippen molar-refractivity contribution in [3.05, 3.63) is 40.4 Å². The lowest BCUT2D eigenvalue weighted by Crippen LogP contribution is -2.36. The Balaban J connectivity index is 1.87. The van der Waals surface area contributed by atoms with Gasteiger partial charge in [0, 0.05) is 20.2 Å². The molecule has 1 fully saturated rings. The van der Waals surface area contributed by atoms with E-state index in [0.717, 1.165) is 19.4 Å². The van der Waals surface area contributed by atoms with E-state index < -0.39 is 0 Å². The minimum atomic E-state index is -0.351. The monoisotopic (exact) mass is 287 g/mol. The Morgan fingerprint density at radius 2 is 2.29 bits per heavy atom. The van der Waals surface area contributed by atoms with Crippen LogP contribution in [0.1, 0.15) is 23.5 Å². The zero-order chi connectivity index (χ0) is 14.8. The topological polar surface area (TPSA) is 73.2 Å². The second kappa shape index (κ2) is 5.65. The number of rotatable bonds is 3. The highest BCUT2D eigenvalue weighted by molar-refractivity contribution is 5.92. The maximum Gasteiger partial charge on any atom is 0.287 e. The summed E-state index contributed by atoms with van der Waals surface area (Å²) in [4.78, 5) is 28.8. The molecular weight excluding hydrogens is 270 g/mol. The molecule has 3 rings (SSSR count). The molecule has 6 heteroatoms. The Bertz CT molecular complexity index is 733. The number of fused-ring (bicyclic) bond motifs is 1. The lowest BCUT2D eigenvalue weighted by atomic mass is 10.2. The molecule has 2 heterocycles. The van der Waals surface area contributed by atoms with Gasteiger partial charge in [0.25, 0.3) is 11.5 Å². The van der Waals surface area contributed by atoms with Crippen LogP contribution in [0.2, 0.25) is 0 Å². The normalized spacial score (nSPS) is 18.0. The van der Waals surface area contributed by atoms with Crippen molar-refractivity contribution in [3.8, 4) is 0 Å². The summed E-state index contributed by atoms with van der Waals surface area (Å²) in [6, 6.07) is 7.01. The van der Waals surface area contributed by atoms with Crippen molar-refractivity contribution in [2.45, 2.75) is 18.9 Å². The van der Waals surface area contributed by atoms with Crippen LogP contribution in [-0.2, 0) is 11.8 Å². The van der Waals surface area contributed by atoms with Crippen molar-refractivity contribution in [1.29, 1.82) is 0 Å². The molecule has 0 aliphatic carbocycles. The molecule has 0 spiro atoms. The first-order valence-corrected chi connectivity index (χ1v) is 7.02. The molecule has 1 aromatic heterocycles. The van der Waals surface area contributed by atoms with Gasteiger partial charge in [-0.1, -0.05) is 12.1 Å². The summed E-state index contributed by atoms with van der Waals surface area (Å²) in [6.45, 7) is 1.19. The fourth-order valence-corrected chi connectivity index (χ4v) is 2.51. The van der Waals surface area contributed by atoms with Crippen LogP contribution in [0.4, 0.5) is 0 Å². The quantitative estimate of drug-likeness (QED) is 0.908. The third-order valence-electron chi connectivity index (χ3n) is 3.70. The molecule has 0 radical (unpaired) electrons. The molecular formula is C15H17N3O3. The number of ether oxygens (including phenoxy) is 1. The van der Waals surface area contributed by atoms with Crippen LogP contribution in [0.5, 0.6) is 0 Å². The molecule has 1 amide bonds. The van der Waals surface area contributed by atoms with Crippen LogP contribution in [0.3, 0.4) is 0 Å². The zero-order valence-corrected chi connectivity index (χ0v) is 11.8. The number of benzene rings is 1. The van der Waals surface area contributed by atoms with E-state index in [2.05, 4.69) is 10.3 Å². The molecule has 2 aromatic rings. The number of amides is 1. The number of hydrogen-bond donors (Lipinski definition) is 1. The van der Waals surface area contributed by atoms with Gasteiger partial charge in [-0.05, 0) is 25.0 Å². The van der Waals surface area contributed by atoms with E-state index in [1.54, 1.807) is 31.3 Å². The predicted octanol–water partition coefficient (Wildman–Crippen LogP) is 0.842. The molecule has 1 N–H and O–H groups in total. The van der Waals surface area contributed by atoms with E-state index in [0.29, 0.717) is 17.4 Å². The number of nitrogens with zero attached hydrogens (tertiary/aromatic N) is 2. The van der Waals surface area contributed by atoms with Crippen molar-refractivity contribution >= 4 is 16.8 Å². The molecule has 6 nitrogen and oxygen atoms in total. The number of aromatic nitrogens is 2. The lowest BCUT2D eigenvalue weighted by Gasteiger charge is -2.12. The first-order chi connectivity index (χ1) is 10.2. The van der Waals surface area contributed by atoms with Crippen LogP contribution in [0.15, 0.2) is 29.1 Å². The van der Waals surface area contributed by atoms with Crippen LogP contribution in [0, 0.1) is 0 Å². The summed E-state index contributed by atoms with van der Waals surface area (Å²) in [6.07, 6.45) is 2.03. The van der Waals surface area contributed by atoms with E-state index in [4.69, 9.17) is 4.74 Å². The molecule has 110 valence electrons. The average molecular weight is 287 g/mol. The Morgan fingerprint density at radius 1 is 1.48 bits per heavy atom. The van der Waals surface area contributed by atoms with Gasteiger partial charge in [-0.15, -0.1) is 0 Å². The largest absolute Gasteiger partial charge is 0.376 e. The third kappa shape index (κ3) is 2.67. The minimum Gasteiger partial charge on any atom is -0.376 e. The lowest BCUT2D eigenvalue weighted by molar-refractivity contribution is 0.0845. The first kappa shape index (κ1) is 13.8. The van der Waals surface area contributed by atoms with Crippen molar-refractivity contribution in [2.75, 3.05) is 13.2 Å². The van der Waals surface area contributed by atoms with Gasteiger partial charge in [-0.25, -0.2) is 4.98 Å². The number of hydrogen-bond acceptors (Lipinski definition) is 4. The van der Waals surface area contributed by atoms with Gasteiger partial charge in [0.1, 0.15) is 0 Å². The Labute approximate surface area is 121 Å². The standard InChI is InChI=1S/C15H17N3O3/c1-18-13(14(19)16-9-10-5-4-8-21-10)17-12-7-3-2-6-11(12)15(18)20/h2-3,6-7,10H,4-5,8-9H2,1H3,(H,16,19)/t10-/m0/s1. The molecule has 0 saturated carbocycles.